The van der Waals surface area contributed by atoms with Gasteiger partial charge in [0, 0.05) is 32.9 Å². The van der Waals surface area contributed by atoms with Crippen molar-refractivity contribution in [3.05, 3.63) is 12.4 Å². The summed E-state index contributed by atoms with van der Waals surface area (Å²) in [5.41, 5.74) is 0. The second-order valence-electron chi connectivity index (χ2n) is 5.89. The molecule has 0 spiro atoms. The summed E-state index contributed by atoms with van der Waals surface area (Å²) < 4.78 is 5.41. The molecule has 0 radical (unpaired) electrons. The van der Waals surface area contributed by atoms with Gasteiger partial charge in [0.25, 0.3) is 0 Å². The topological polar surface area (TPSA) is 28.1 Å². The molecule has 0 N–H and O–H groups in total. The number of ether oxygens (including phenoxy) is 1. The third-order valence-electron chi connectivity index (χ3n) is 4.23. The summed E-state index contributed by atoms with van der Waals surface area (Å²) in [6.45, 7) is 1.67. The molecule has 0 aromatic rings. The second kappa shape index (κ2) is 8.18. The molecule has 0 unspecified atom stereocenters. The zero-order valence-corrected chi connectivity index (χ0v) is 13.1. The molecule has 0 aliphatic carbocycles. The van der Waals surface area contributed by atoms with Crippen LogP contribution in [0.2, 0.25) is 0 Å². The van der Waals surface area contributed by atoms with Gasteiger partial charge in [0.2, 0.25) is 0 Å². The van der Waals surface area contributed by atoms with Crippen molar-refractivity contribution in [1.29, 1.82) is 0 Å². The van der Waals surface area contributed by atoms with Gasteiger partial charge in [-0.25, -0.2) is 0 Å². The smallest absolute Gasteiger partial charge is 0.183 e. The van der Waals surface area contributed by atoms with Gasteiger partial charge < -0.3 is 14.5 Å². The minimum Gasteiger partial charge on any atom is -0.479 e. The van der Waals surface area contributed by atoms with Crippen LogP contribution in [0.25, 0.3) is 0 Å². The molecular formula is C16H29N3O. The van der Waals surface area contributed by atoms with Gasteiger partial charge >= 0.3 is 0 Å². The molecule has 4 nitrogen and oxygen atoms in total. The highest BCUT2D eigenvalue weighted by Gasteiger charge is 2.19. The third kappa shape index (κ3) is 4.73. The lowest BCUT2D eigenvalue weighted by Gasteiger charge is -2.27. The molecule has 2 aliphatic rings. The van der Waals surface area contributed by atoms with E-state index in [2.05, 4.69) is 41.3 Å². The van der Waals surface area contributed by atoms with Crippen molar-refractivity contribution in [2.75, 3.05) is 27.2 Å². The Morgan fingerprint density at radius 3 is 2.35 bits per heavy atom. The Morgan fingerprint density at radius 2 is 1.70 bits per heavy atom. The van der Waals surface area contributed by atoms with Crippen LogP contribution < -0.4 is 0 Å². The Balaban J connectivity index is 1.40. The van der Waals surface area contributed by atoms with Crippen molar-refractivity contribution < 1.29 is 4.74 Å². The van der Waals surface area contributed by atoms with Gasteiger partial charge in [0.1, 0.15) is 12.8 Å². The Hall–Kier alpha value is -1.19. The monoisotopic (exact) mass is 279 g/mol. The highest BCUT2D eigenvalue weighted by atomic mass is 16.5. The van der Waals surface area contributed by atoms with Crippen molar-refractivity contribution in [2.45, 2.75) is 57.5 Å². The summed E-state index contributed by atoms with van der Waals surface area (Å²) in [6.07, 6.45) is 15.2. The average Bonchev–Trinajstić information content (AvgIpc) is 3.05. The van der Waals surface area contributed by atoms with Gasteiger partial charge in [-0.05, 0) is 19.3 Å². The number of nitrogens with zero attached hydrogens (tertiary/aromatic N) is 3. The molecule has 0 aromatic carbocycles. The predicted molar refractivity (Wildman–Crippen MR) is 83.6 cm³/mol. The fourth-order valence-corrected chi connectivity index (χ4v) is 2.94. The number of rotatable bonds is 9. The van der Waals surface area contributed by atoms with E-state index in [0.717, 1.165) is 25.5 Å². The molecule has 4 heteroatoms. The van der Waals surface area contributed by atoms with Crippen molar-refractivity contribution in [3.63, 3.8) is 0 Å². The number of aliphatic imine (C=N–C) groups is 1. The van der Waals surface area contributed by atoms with Crippen LogP contribution >= 0.6 is 0 Å². The van der Waals surface area contributed by atoms with Gasteiger partial charge in [-0.3, -0.25) is 4.99 Å². The largest absolute Gasteiger partial charge is 0.479 e. The van der Waals surface area contributed by atoms with E-state index < -0.39 is 0 Å². The standard InChI is InChI=1S/C16H29N3O/c1-18-12-13-19(2)16(18)10-8-6-4-3-5-7-9-15-17-11-14-20-15/h12-13,16H,3-11,14H2,1-2H3. The van der Waals surface area contributed by atoms with E-state index in [1.165, 1.54) is 44.9 Å². The second-order valence-corrected chi connectivity index (χ2v) is 5.89. The van der Waals surface area contributed by atoms with Crippen LogP contribution in [0.15, 0.2) is 17.4 Å². The lowest BCUT2D eigenvalue weighted by atomic mass is 10.1. The van der Waals surface area contributed by atoms with Gasteiger partial charge in [-0.15, -0.1) is 0 Å². The minimum absolute atomic E-state index is 0.576. The molecule has 0 amide bonds. The van der Waals surface area contributed by atoms with Crippen molar-refractivity contribution in [3.8, 4) is 0 Å². The number of hydrogen-bond acceptors (Lipinski definition) is 4. The van der Waals surface area contributed by atoms with Crippen molar-refractivity contribution in [2.24, 2.45) is 4.99 Å². The molecule has 2 aliphatic heterocycles. The summed E-state index contributed by atoms with van der Waals surface area (Å²) in [5.74, 6) is 0.991. The van der Waals surface area contributed by atoms with E-state index in [4.69, 9.17) is 4.74 Å². The van der Waals surface area contributed by atoms with Crippen molar-refractivity contribution >= 4 is 5.90 Å². The summed E-state index contributed by atoms with van der Waals surface area (Å²) in [5, 5.41) is 0. The van der Waals surface area contributed by atoms with Crippen LogP contribution in [0.5, 0.6) is 0 Å². The van der Waals surface area contributed by atoms with Crippen LogP contribution in [0.3, 0.4) is 0 Å². The van der Waals surface area contributed by atoms with Crippen LogP contribution in [-0.2, 0) is 4.74 Å². The van der Waals surface area contributed by atoms with Gasteiger partial charge in [0.05, 0.1) is 6.54 Å². The summed E-state index contributed by atoms with van der Waals surface area (Å²) in [6, 6.07) is 0. The molecule has 114 valence electrons. The predicted octanol–water partition coefficient (Wildman–Crippen LogP) is 3.21. The van der Waals surface area contributed by atoms with Gasteiger partial charge in [-0.2, -0.15) is 0 Å². The van der Waals surface area contributed by atoms with E-state index in [-0.39, 0.29) is 0 Å². The maximum Gasteiger partial charge on any atom is 0.183 e. The molecule has 0 atom stereocenters. The lowest BCUT2D eigenvalue weighted by Crippen LogP contribution is -2.33. The first kappa shape index (κ1) is 15.2. The first-order valence-electron chi connectivity index (χ1n) is 8.05. The normalized spacial score (nSPS) is 18.8. The summed E-state index contributed by atoms with van der Waals surface area (Å²) in [4.78, 5) is 8.94. The number of hydrogen-bond donors (Lipinski definition) is 0. The molecule has 2 rings (SSSR count). The highest BCUT2D eigenvalue weighted by Crippen LogP contribution is 2.18. The fourth-order valence-electron chi connectivity index (χ4n) is 2.94. The molecular weight excluding hydrogens is 250 g/mol. The first-order valence-corrected chi connectivity index (χ1v) is 8.05. The quantitative estimate of drug-likeness (QED) is 0.607. The maximum absolute atomic E-state index is 5.41. The van der Waals surface area contributed by atoms with Crippen LogP contribution in [0, 0.1) is 0 Å². The summed E-state index contributed by atoms with van der Waals surface area (Å²) >= 11 is 0. The zero-order chi connectivity index (χ0) is 14.2. The maximum atomic E-state index is 5.41. The molecule has 0 fully saturated rings. The molecule has 20 heavy (non-hydrogen) atoms. The first-order chi connectivity index (χ1) is 9.77. The van der Waals surface area contributed by atoms with E-state index in [1.807, 2.05) is 0 Å². The zero-order valence-electron chi connectivity index (χ0n) is 13.1. The highest BCUT2D eigenvalue weighted by molar-refractivity contribution is 5.77. The van der Waals surface area contributed by atoms with Gasteiger partial charge in [-0.1, -0.05) is 25.7 Å². The van der Waals surface area contributed by atoms with E-state index in [1.54, 1.807) is 0 Å². The molecule has 2 heterocycles. The van der Waals surface area contributed by atoms with Crippen LogP contribution in [-0.4, -0.2) is 49.1 Å². The molecule has 0 aromatic heterocycles. The van der Waals surface area contributed by atoms with E-state index >= 15 is 0 Å². The van der Waals surface area contributed by atoms with Crippen LogP contribution in [0.1, 0.15) is 51.4 Å². The van der Waals surface area contributed by atoms with Gasteiger partial charge in [0.15, 0.2) is 5.90 Å². The average molecular weight is 279 g/mol. The minimum atomic E-state index is 0.576. The Labute approximate surface area is 123 Å². The summed E-state index contributed by atoms with van der Waals surface area (Å²) in [7, 11) is 4.33. The lowest BCUT2D eigenvalue weighted by molar-refractivity contribution is 0.188. The van der Waals surface area contributed by atoms with E-state index in [0.29, 0.717) is 6.17 Å². The van der Waals surface area contributed by atoms with E-state index in [9.17, 15) is 0 Å². The van der Waals surface area contributed by atoms with Crippen molar-refractivity contribution in [1.82, 2.24) is 9.80 Å². The van der Waals surface area contributed by atoms with Crippen LogP contribution in [0.4, 0.5) is 0 Å². The Kier molecular flexibility index (Phi) is 6.22. The molecule has 0 bridgehead atoms. The molecule has 0 saturated carbocycles. The molecule has 0 saturated heterocycles. The Bertz CT molecular complexity index is 329. The SMILES string of the molecule is CN1C=CN(C)C1CCCCCCCCC1=NCCO1. The number of unbranched alkanes of at least 4 members (excludes halogenated alkanes) is 5. The Morgan fingerprint density at radius 1 is 1.05 bits per heavy atom. The third-order valence-corrected chi connectivity index (χ3v) is 4.23. The fraction of sp³-hybridized carbons (Fsp3) is 0.812.